The molecule has 0 aromatic heterocycles. The van der Waals surface area contributed by atoms with Crippen LogP contribution in [0.5, 0.6) is 0 Å². The number of carbonyl (C=O) groups excluding carboxylic acids is 2. The number of halogens is 2. The van der Waals surface area contributed by atoms with Crippen LogP contribution in [0, 0.1) is 6.92 Å². The summed E-state index contributed by atoms with van der Waals surface area (Å²) in [5, 5.41) is 3.48. The van der Waals surface area contributed by atoms with Crippen LogP contribution in [0.1, 0.15) is 37.0 Å². The molecule has 7 nitrogen and oxygen atoms in total. The van der Waals surface area contributed by atoms with Crippen molar-refractivity contribution in [3.8, 4) is 0 Å². The van der Waals surface area contributed by atoms with Crippen LogP contribution in [0.4, 0.5) is 5.69 Å². The molecule has 0 radical (unpaired) electrons. The zero-order valence-electron chi connectivity index (χ0n) is 25.5. The maximum absolute atomic E-state index is 14.5. The molecule has 4 aromatic rings. The van der Waals surface area contributed by atoms with Gasteiger partial charge in [-0.25, -0.2) is 8.42 Å². The maximum atomic E-state index is 14.5. The van der Waals surface area contributed by atoms with Crippen molar-refractivity contribution in [2.45, 2.75) is 57.1 Å². The Bertz CT molecular complexity index is 1700. The van der Waals surface area contributed by atoms with E-state index in [4.69, 9.17) is 11.6 Å². The maximum Gasteiger partial charge on any atom is 0.264 e. The van der Waals surface area contributed by atoms with Crippen molar-refractivity contribution in [2.24, 2.45) is 0 Å². The number of aryl methyl sites for hydroxylation is 1. The monoisotopic (exact) mass is 709 g/mol. The van der Waals surface area contributed by atoms with E-state index in [1.54, 1.807) is 36.4 Å². The molecule has 2 atom stereocenters. The van der Waals surface area contributed by atoms with Gasteiger partial charge in [0.25, 0.3) is 10.0 Å². The third-order valence-electron chi connectivity index (χ3n) is 7.52. The molecule has 45 heavy (non-hydrogen) atoms. The summed E-state index contributed by atoms with van der Waals surface area (Å²) in [5.41, 5.74) is 2.83. The highest BCUT2D eigenvalue weighted by molar-refractivity contribution is 9.10. The predicted molar refractivity (Wildman–Crippen MR) is 184 cm³/mol. The minimum absolute atomic E-state index is 0.0461. The molecule has 0 saturated heterocycles. The van der Waals surface area contributed by atoms with Crippen LogP contribution < -0.4 is 9.62 Å². The molecule has 1 N–H and O–H groups in total. The van der Waals surface area contributed by atoms with Crippen LogP contribution in [0.2, 0.25) is 5.02 Å². The highest BCUT2D eigenvalue weighted by atomic mass is 79.9. The number of nitrogens with one attached hydrogen (secondary N) is 1. The first-order valence-electron chi connectivity index (χ1n) is 14.7. The Morgan fingerprint density at radius 2 is 1.53 bits per heavy atom. The van der Waals surface area contributed by atoms with Crippen molar-refractivity contribution < 1.29 is 18.0 Å². The van der Waals surface area contributed by atoms with Crippen LogP contribution in [-0.4, -0.2) is 43.8 Å². The fraction of sp³-hybridized carbons (Fsp3) is 0.257. The first kappa shape index (κ1) is 34.2. The topological polar surface area (TPSA) is 86.8 Å². The third kappa shape index (κ3) is 9.19. The number of amides is 2. The summed E-state index contributed by atoms with van der Waals surface area (Å²) in [5.74, 6) is -0.836. The number of sulfonamides is 1. The van der Waals surface area contributed by atoms with E-state index in [0.29, 0.717) is 11.4 Å². The van der Waals surface area contributed by atoms with E-state index in [9.17, 15) is 18.0 Å². The normalized spacial score (nSPS) is 12.6. The van der Waals surface area contributed by atoms with E-state index in [-0.39, 0.29) is 35.5 Å². The van der Waals surface area contributed by atoms with Crippen LogP contribution in [-0.2, 0) is 32.6 Å². The molecular weight excluding hydrogens is 674 g/mol. The van der Waals surface area contributed by atoms with Crippen LogP contribution in [0.15, 0.2) is 112 Å². The number of carbonyl (C=O) groups is 2. The number of benzene rings is 4. The lowest BCUT2D eigenvalue weighted by molar-refractivity contribution is -0.140. The van der Waals surface area contributed by atoms with Gasteiger partial charge in [0.05, 0.1) is 10.6 Å². The fourth-order valence-corrected chi connectivity index (χ4v) is 6.79. The molecule has 0 fully saturated rings. The van der Waals surface area contributed by atoms with E-state index in [1.807, 2.05) is 75.4 Å². The molecule has 0 aliphatic carbocycles. The number of hydrogen-bond donors (Lipinski definition) is 1. The van der Waals surface area contributed by atoms with Gasteiger partial charge in [-0.15, -0.1) is 0 Å². The third-order valence-corrected chi connectivity index (χ3v) is 10.0. The van der Waals surface area contributed by atoms with Crippen LogP contribution in [0.3, 0.4) is 0 Å². The minimum Gasteiger partial charge on any atom is -0.352 e. The Hall–Kier alpha value is -3.66. The van der Waals surface area contributed by atoms with Crippen molar-refractivity contribution in [2.75, 3.05) is 10.8 Å². The van der Waals surface area contributed by atoms with Gasteiger partial charge in [0.1, 0.15) is 12.6 Å². The molecule has 0 bridgehead atoms. The lowest BCUT2D eigenvalue weighted by atomic mass is 10.0. The predicted octanol–water partition coefficient (Wildman–Crippen LogP) is 7.16. The van der Waals surface area contributed by atoms with Gasteiger partial charge in [0, 0.05) is 28.5 Å². The van der Waals surface area contributed by atoms with Crippen LogP contribution in [0.25, 0.3) is 0 Å². The SMILES string of the molecule is CC[C@H](C)NC(=O)[C@@H](Cc1ccccc1)N(Cc1cccc(Br)c1)C(=O)CN(c1ccc(Cl)cc1)S(=O)(=O)c1ccc(C)cc1. The van der Waals surface area contributed by atoms with E-state index >= 15 is 0 Å². The van der Waals surface area contributed by atoms with Gasteiger partial charge in [0.15, 0.2) is 0 Å². The van der Waals surface area contributed by atoms with Crippen molar-refractivity contribution >= 4 is 55.1 Å². The van der Waals surface area contributed by atoms with Gasteiger partial charge in [-0.1, -0.05) is 94.6 Å². The molecular formula is C35H37BrClN3O4S. The lowest BCUT2D eigenvalue weighted by Gasteiger charge is -2.34. The molecule has 0 saturated carbocycles. The average Bonchev–Trinajstić information content (AvgIpc) is 3.02. The number of anilines is 1. The molecule has 0 spiro atoms. The lowest BCUT2D eigenvalue weighted by Crippen LogP contribution is -2.54. The smallest absolute Gasteiger partial charge is 0.264 e. The molecule has 0 aliphatic heterocycles. The van der Waals surface area contributed by atoms with Gasteiger partial charge in [-0.3, -0.25) is 13.9 Å². The standard InChI is InChI=1S/C35H37BrClN3O4S/c1-4-26(3)38-35(42)33(22-27-9-6-5-7-10-27)39(23-28-11-8-12-29(36)21-28)34(41)24-40(31-17-15-30(37)16-18-31)45(43,44)32-19-13-25(2)14-20-32/h5-21,26,33H,4,22-24H2,1-3H3,(H,38,42)/t26-,33+/m0/s1. The molecule has 0 heterocycles. The van der Waals surface area contributed by atoms with Crippen molar-refractivity contribution in [1.29, 1.82) is 0 Å². The number of rotatable bonds is 13. The number of hydrogen-bond acceptors (Lipinski definition) is 4. The largest absolute Gasteiger partial charge is 0.352 e. The summed E-state index contributed by atoms with van der Waals surface area (Å²) in [4.78, 5) is 29.9. The van der Waals surface area contributed by atoms with Gasteiger partial charge >= 0.3 is 0 Å². The Morgan fingerprint density at radius 3 is 2.16 bits per heavy atom. The van der Waals surface area contributed by atoms with E-state index in [1.165, 1.54) is 17.0 Å². The average molecular weight is 711 g/mol. The second kappa shape index (κ2) is 15.6. The molecule has 4 aromatic carbocycles. The van der Waals surface area contributed by atoms with Crippen molar-refractivity contribution in [3.05, 3.63) is 129 Å². The Kier molecular flexibility index (Phi) is 11.8. The second-order valence-corrected chi connectivity index (χ2v) is 14.2. The summed E-state index contributed by atoms with van der Waals surface area (Å²) >= 11 is 9.64. The van der Waals surface area contributed by atoms with Crippen LogP contribution >= 0.6 is 27.5 Å². The Morgan fingerprint density at radius 1 is 0.889 bits per heavy atom. The molecule has 4 rings (SSSR count). The summed E-state index contributed by atoms with van der Waals surface area (Å²) < 4.78 is 30.1. The van der Waals surface area contributed by atoms with E-state index in [0.717, 1.165) is 25.5 Å². The molecule has 0 unspecified atom stereocenters. The summed E-state index contributed by atoms with van der Waals surface area (Å²) in [6, 6.07) is 28.7. The Balaban J connectivity index is 1.80. The van der Waals surface area contributed by atoms with E-state index in [2.05, 4.69) is 21.2 Å². The zero-order chi connectivity index (χ0) is 32.6. The first-order chi connectivity index (χ1) is 21.5. The fourth-order valence-electron chi connectivity index (χ4n) is 4.80. The van der Waals surface area contributed by atoms with Gasteiger partial charge in [0.2, 0.25) is 11.8 Å². The quantitative estimate of drug-likeness (QED) is 0.160. The molecule has 2 amide bonds. The van der Waals surface area contributed by atoms with E-state index < -0.39 is 28.5 Å². The van der Waals surface area contributed by atoms with Gasteiger partial charge in [-0.05, 0) is 79.9 Å². The summed E-state index contributed by atoms with van der Waals surface area (Å²) in [7, 11) is -4.18. The van der Waals surface area contributed by atoms with Gasteiger partial charge < -0.3 is 10.2 Å². The second-order valence-electron chi connectivity index (χ2n) is 11.0. The Labute approximate surface area is 279 Å². The van der Waals surface area contributed by atoms with Crippen molar-refractivity contribution in [3.63, 3.8) is 0 Å². The summed E-state index contributed by atoms with van der Waals surface area (Å²) in [6.45, 7) is 5.31. The number of nitrogens with zero attached hydrogens (tertiary/aromatic N) is 2. The zero-order valence-corrected chi connectivity index (χ0v) is 28.6. The summed E-state index contributed by atoms with van der Waals surface area (Å²) in [6.07, 6.45) is 0.955. The highest BCUT2D eigenvalue weighted by Crippen LogP contribution is 2.27. The molecule has 10 heteroatoms. The van der Waals surface area contributed by atoms with Gasteiger partial charge in [-0.2, -0.15) is 0 Å². The first-order valence-corrected chi connectivity index (χ1v) is 17.3. The molecule has 236 valence electrons. The highest BCUT2D eigenvalue weighted by Gasteiger charge is 2.35. The van der Waals surface area contributed by atoms with Crippen molar-refractivity contribution in [1.82, 2.24) is 10.2 Å². The molecule has 0 aliphatic rings. The minimum atomic E-state index is -4.18.